The van der Waals surface area contributed by atoms with Crippen molar-refractivity contribution in [2.24, 2.45) is 5.73 Å². The van der Waals surface area contributed by atoms with E-state index in [1.165, 1.54) is 25.2 Å². The summed E-state index contributed by atoms with van der Waals surface area (Å²) in [6.45, 7) is 1.85. The van der Waals surface area contributed by atoms with Crippen molar-refractivity contribution in [1.82, 2.24) is 15.0 Å². The number of rotatable bonds is 7. The molecule has 1 aromatic heterocycles. The van der Waals surface area contributed by atoms with Crippen molar-refractivity contribution in [3.63, 3.8) is 0 Å². The lowest BCUT2D eigenvalue weighted by Crippen LogP contribution is -2.42. The lowest BCUT2D eigenvalue weighted by Gasteiger charge is -2.20. The van der Waals surface area contributed by atoms with Crippen molar-refractivity contribution in [3.05, 3.63) is 29.8 Å². The summed E-state index contributed by atoms with van der Waals surface area (Å²) in [6, 6.07) is 3.55. The molecular weight excluding hydrogens is 392 g/mol. The molecular formula is C15H18N6O6S. The number of nitrogens with two attached hydrogens (primary N) is 1. The van der Waals surface area contributed by atoms with E-state index < -0.39 is 32.9 Å². The zero-order valence-corrected chi connectivity index (χ0v) is 16.1. The van der Waals surface area contributed by atoms with Gasteiger partial charge in [0.05, 0.1) is 19.3 Å². The molecule has 0 spiro atoms. The Kier molecular flexibility index (Phi) is 6.30. The Bertz CT molecular complexity index is 996. The van der Waals surface area contributed by atoms with Crippen LogP contribution in [0.15, 0.2) is 29.2 Å². The Hall–Kier alpha value is -3.48. The standard InChI is InChI=1S/C15H18N6O6S/c1-4-27-15-19-13(17-2)18-14(20-15)21(12(16)23)28(24,25)10-8-6-5-7-9(10)11(22)26-3/h5-8H,4H2,1-3H3,(H2,16,23)(H,17,18,19,20). The maximum Gasteiger partial charge on any atom is 0.339 e. The molecule has 0 saturated heterocycles. The highest BCUT2D eigenvalue weighted by molar-refractivity contribution is 7.93. The van der Waals surface area contributed by atoms with Crippen LogP contribution in [0.3, 0.4) is 0 Å². The number of ether oxygens (including phenoxy) is 2. The Morgan fingerprint density at radius 3 is 2.46 bits per heavy atom. The van der Waals surface area contributed by atoms with Crippen LogP contribution in [0.5, 0.6) is 6.01 Å². The second-order valence-electron chi connectivity index (χ2n) is 5.02. The number of nitrogens with zero attached hydrogens (tertiary/aromatic N) is 4. The van der Waals surface area contributed by atoms with Gasteiger partial charge in [-0.25, -0.2) is 18.0 Å². The molecule has 0 unspecified atom stereocenters. The first-order valence-corrected chi connectivity index (χ1v) is 9.29. The van der Waals surface area contributed by atoms with Crippen molar-refractivity contribution in [3.8, 4) is 6.01 Å². The number of carbonyl (C=O) groups is 2. The van der Waals surface area contributed by atoms with Crippen molar-refractivity contribution in [2.45, 2.75) is 11.8 Å². The van der Waals surface area contributed by atoms with Crippen LogP contribution in [0.1, 0.15) is 17.3 Å². The summed E-state index contributed by atoms with van der Waals surface area (Å²) in [5.74, 6) is -1.57. The maximum absolute atomic E-state index is 13.1. The first-order chi connectivity index (χ1) is 13.3. The zero-order chi connectivity index (χ0) is 20.9. The number of urea groups is 1. The third kappa shape index (κ3) is 4.09. The van der Waals surface area contributed by atoms with Gasteiger partial charge in [0, 0.05) is 7.05 Å². The van der Waals surface area contributed by atoms with E-state index in [1.807, 2.05) is 0 Å². The molecule has 0 fully saturated rings. The van der Waals surface area contributed by atoms with Crippen molar-refractivity contribution in [2.75, 3.05) is 30.4 Å². The molecule has 1 aromatic carbocycles. The zero-order valence-electron chi connectivity index (χ0n) is 15.2. The molecule has 0 aliphatic carbocycles. The molecule has 13 heteroatoms. The first kappa shape index (κ1) is 20.8. The second-order valence-corrected chi connectivity index (χ2v) is 6.78. The van der Waals surface area contributed by atoms with Crippen LogP contribution in [0.2, 0.25) is 0 Å². The van der Waals surface area contributed by atoms with Crippen LogP contribution < -0.4 is 20.1 Å². The highest BCUT2D eigenvalue weighted by Gasteiger charge is 2.35. The van der Waals surface area contributed by atoms with Gasteiger partial charge >= 0.3 is 18.0 Å². The molecule has 12 nitrogen and oxygen atoms in total. The van der Waals surface area contributed by atoms with Crippen molar-refractivity contribution >= 4 is 33.9 Å². The minimum Gasteiger partial charge on any atom is -0.465 e. The predicted molar refractivity (Wildman–Crippen MR) is 97.6 cm³/mol. The highest BCUT2D eigenvalue weighted by Crippen LogP contribution is 2.25. The molecule has 1 heterocycles. The number of carbonyl (C=O) groups excluding carboxylic acids is 2. The summed E-state index contributed by atoms with van der Waals surface area (Å²) in [6.07, 6.45) is 0. The number of nitrogens with one attached hydrogen (secondary N) is 1. The minimum absolute atomic E-state index is 0.0591. The van der Waals surface area contributed by atoms with Crippen molar-refractivity contribution < 1.29 is 27.5 Å². The average Bonchev–Trinajstić information content (AvgIpc) is 2.67. The van der Waals surface area contributed by atoms with Gasteiger partial charge in [0.15, 0.2) is 0 Å². The fourth-order valence-electron chi connectivity index (χ4n) is 2.14. The third-order valence-corrected chi connectivity index (χ3v) is 5.03. The topological polar surface area (TPSA) is 167 Å². The van der Waals surface area contributed by atoms with Crippen LogP contribution >= 0.6 is 0 Å². The number of aromatic nitrogens is 3. The number of hydrogen-bond donors (Lipinski definition) is 2. The summed E-state index contributed by atoms with van der Waals surface area (Å²) >= 11 is 0. The molecule has 3 N–H and O–H groups in total. The van der Waals surface area contributed by atoms with E-state index in [0.29, 0.717) is 0 Å². The monoisotopic (exact) mass is 410 g/mol. The normalized spacial score (nSPS) is 10.8. The molecule has 0 aliphatic rings. The van der Waals surface area contributed by atoms with E-state index >= 15 is 0 Å². The summed E-state index contributed by atoms with van der Waals surface area (Å²) in [7, 11) is -2.10. The molecule has 2 aromatic rings. The summed E-state index contributed by atoms with van der Waals surface area (Å²) in [5.41, 5.74) is 5.01. The SMILES string of the molecule is CCOc1nc(NC)nc(N(C(N)=O)S(=O)(=O)c2ccccc2C(=O)OC)n1. The molecule has 2 rings (SSSR count). The van der Waals surface area contributed by atoms with E-state index in [0.717, 1.165) is 13.2 Å². The Morgan fingerprint density at radius 1 is 1.21 bits per heavy atom. The van der Waals surface area contributed by atoms with Crippen LogP contribution in [0.4, 0.5) is 16.7 Å². The fourth-order valence-corrected chi connectivity index (χ4v) is 3.55. The Morgan fingerprint density at radius 2 is 1.89 bits per heavy atom. The molecule has 0 radical (unpaired) electrons. The van der Waals surface area contributed by atoms with Gasteiger partial charge in [-0.05, 0) is 19.1 Å². The van der Waals surface area contributed by atoms with E-state index in [4.69, 9.17) is 10.5 Å². The molecule has 0 saturated carbocycles. The first-order valence-electron chi connectivity index (χ1n) is 7.85. The van der Waals surface area contributed by atoms with Crippen LogP contribution in [0.25, 0.3) is 0 Å². The van der Waals surface area contributed by atoms with E-state index in [2.05, 4.69) is 25.0 Å². The van der Waals surface area contributed by atoms with Gasteiger partial charge in [-0.15, -0.1) is 4.31 Å². The lowest BCUT2D eigenvalue weighted by atomic mass is 10.2. The number of anilines is 2. The van der Waals surface area contributed by atoms with Crippen LogP contribution in [-0.2, 0) is 14.8 Å². The molecule has 0 aliphatic heterocycles. The molecule has 0 bridgehead atoms. The number of amides is 2. The van der Waals surface area contributed by atoms with Gasteiger partial charge in [0.1, 0.15) is 4.90 Å². The fraction of sp³-hybridized carbons (Fsp3) is 0.267. The number of benzene rings is 1. The van der Waals surface area contributed by atoms with E-state index in [-0.39, 0.29) is 28.4 Å². The quantitative estimate of drug-likeness (QED) is 0.609. The molecule has 2 amide bonds. The van der Waals surface area contributed by atoms with Gasteiger partial charge in [0.2, 0.25) is 5.95 Å². The minimum atomic E-state index is -4.67. The van der Waals surface area contributed by atoms with Crippen LogP contribution in [0, 0.1) is 0 Å². The smallest absolute Gasteiger partial charge is 0.339 e. The molecule has 28 heavy (non-hydrogen) atoms. The number of sulfonamides is 1. The summed E-state index contributed by atoms with van der Waals surface area (Å²) in [5, 5.41) is 2.60. The Labute approximate surface area is 160 Å². The van der Waals surface area contributed by atoms with Crippen molar-refractivity contribution in [1.29, 1.82) is 0 Å². The number of esters is 1. The largest absolute Gasteiger partial charge is 0.465 e. The summed E-state index contributed by atoms with van der Waals surface area (Å²) in [4.78, 5) is 35.1. The highest BCUT2D eigenvalue weighted by atomic mass is 32.2. The lowest BCUT2D eigenvalue weighted by molar-refractivity contribution is 0.0596. The van der Waals surface area contributed by atoms with Gasteiger partial charge in [-0.1, -0.05) is 12.1 Å². The van der Waals surface area contributed by atoms with Gasteiger partial charge < -0.3 is 20.5 Å². The van der Waals surface area contributed by atoms with Gasteiger partial charge in [0.25, 0.3) is 16.0 Å². The Balaban J connectivity index is 2.70. The second kappa shape index (κ2) is 8.47. The van der Waals surface area contributed by atoms with Gasteiger partial charge in [-0.3, -0.25) is 0 Å². The van der Waals surface area contributed by atoms with Gasteiger partial charge in [-0.2, -0.15) is 15.0 Å². The molecule has 150 valence electrons. The van der Waals surface area contributed by atoms with E-state index in [1.54, 1.807) is 6.92 Å². The number of methoxy groups -OCH3 is 1. The third-order valence-electron chi connectivity index (χ3n) is 3.29. The predicted octanol–water partition coefficient (Wildman–Crippen LogP) is 0.373. The van der Waals surface area contributed by atoms with E-state index in [9.17, 15) is 18.0 Å². The summed E-state index contributed by atoms with van der Waals surface area (Å²) < 4.78 is 36.2. The number of primary amides is 1. The molecule has 0 atom stereocenters. The number of hydrogen-bond acceptors (Lipinski definition) is 10. The average molecular weight is 410 g/mol. The maximum atomic E-state index is 13.1. The van der Waals surface area contributed by atoms with Crippen LogP contribution in [-0.4, -0.2) is 56.1 Å².